The second-order valence-electron chi connectivity index (χ2n) is 4.70. The number of anilines is 1. The van der Waals surface area contributed by atoms with Crippen LogP contribution >= 0.6 is 11.3 Å². The SMILES string of the molecule is CNc1nnc(C(=O)NCCCCN(C)C(C)C)s1. The first-order chi connectivity index (χ1) is 9.04. The first kappa shape index (κ1) is 15.8. The zero-order valence-electron chi connectivity index (χ0n) is 12.1. The highest BCUT2D eigenvalue weighted by molar-refractivity contribution is 7.17. The summed E-state index contributed by atoms with van der Waals surface area (Å²) in [5.41, 5.74) is 0. The Morgan fingerprint density at radius 2 is 2.11 bits per heavy atom. The van der Waals surface area contributed by atoms with Crippen LogP contribution in [0.25, 0.3) is 0 Å². The summed E-state index contributed by atoms with van der Waals surface area (Å²) >= 11 is 1.26. The minimum atomic E-state index is -0.142. The molecule has 0 spiro atoms. The minimum Gasteiger partial charge on any atom is -0.363 e. The van der Waals surface area contributed by atoms with E-state index in [0.717, 1.165) is 19.4 Å². The topological polar surface area (TPSA) is 70.1 Å². The van der Waals surface area contributed by atoms with Crippen LogP contribution in [0.2, 0.25) is 0 Å². The highest BCUT2D eigenvalue weighted by Gasteiger charge is 2.11. The molecular formula is C12H23N5OS. The van der Waals surface area contributed by atoms with Crippen LogP contribution < -0.4 is 10.6 Å². The van der Waals surface area contributed by atoms with Crippen LogP contribution in [0.5, 0.6) is 0 Å². The van der Waals surface area contributed by atoms with Crippen molar-refractivity contribution < 1.29 is 4.79 Å². The molecular weight excluding hydrogens is 262 g/mol. The van der Waals surface area contributed by atoms with Crippen LogP contribution in [-0.4, -0.2) is 54.2 Å². The quantitative estimate of drug-likeness (QED) is 0.707. The summed E-state index contributed by atoms with van der Waals surface area (Å²) in [7, 11) is 3.87. The first-order valence-electron chi connectivity index (χ1n) is 6.54. The number of hydrogen-bond acceptors (Lipinski definition) is 6. The third-order valence-corrected chi connectivity index (χ3v) is 3.88. The Morgan fingerprint density at radius 1 is 1.37 bits per heavy atom. The highest BCUT2D eigenvalue weighted by Crippen LogP contribution is 2.13. The number of amides is 1. The van der Waals surface area contributed by atoms with Crippen molar-refractivity contribution in [2.45, 2.75) is 32.7 Å². The standard InChI is InChI=1S/C12H23N5OS/c1-9(2)17(4)8-6-5-7-14-10(18)11-15-16-12(13-3)19-11/h9H,5-8H2,1-4H3,(H,13,16)(H,14,18). The van der Waals surface area contributed by atoms with Gasteiger partial charge in [-0.05, 0) is 40.3 Å². The van der Waals surface area contributed by atoms with Crippen molar-refractivity contribution in [3.63, 3.8) is 0 Å². The molecule has 1 heterocycles. The molecule has 1 amide bonds. The number of rotatable bonds is 8. The third kappa shape index (κ3) is 5.52. The second kappa shape index (κ2) is 8.06. The highest BCUT2D eigenvalue weighted by atomic mass is 32.1. The Morgan fingerprint density at radius 3 is 2.68 bits per heavy atom. The molecule has 0 unspecified atom stereocenters. The normalized spacial score (nSPS) is 11.1. The Hall–Kier alpha value is -1.21. The van der Waals surface area contributed by atoms with Crippen LogP contribution in [0.15, 0.2) is 0 Å². The number of aromatic nitrogens is 2. The number of hydrogen-bond donors (Lipinski definition) is 2. The second-order valence-corrected chi connectivity index (χ2v) is 5.68. The van der Waals surface area contributed by atoms with Crippen molar-refractivity contribution >= 4 is 22.4 Å². The predicted octanol–water partition coefficient (Wildman–Crippen LogP) is 1.43. The Bertz CT molecular complexity index is 393. The van der Waals surface area contributed by atoms with Crippen molar-refractivity contribution in [3.8, 4) is 0 Å². The van der Waals surface area contributed by atoms with E-state index < -0.39 is 0 Å². The fourth-order valence-electron chi connectivity index (χ4n) is 1.44. The first-order valence-corrected chi connectivity index (χ1v) is 7.36. The minimum absolute atomic E-state index is 0.142. The fraction of sp³-hybridized carbons (Fsp3) is 0.750. The van der Waals surface area contributed by atoms with Gasteiger partial charge in [0.05, 0.1) is 0 Å². The summed E-state index contributed by atoms with van der Waals surface area (Å²) in [6.07, 6.45) is 2.05. The van der Waals surface area contributed by atoms with Crippen molar-refractivity contribution in [3.05, 3.63) is 5.01 Å². The average molecular weight is 285 g/mol. The predicted molar refractivity (Wildman–Crippen MR) is 78.8 cm³/mol. The van der Waals surface area contributed by atoms with E-state index in [1.807, 2.05) is 0 Å². The molecule has 0 aliphatic rings. The van der Waals surface area contributed by atoms with Crippen molar-refractivity contribution in [2.24, 2.45) is 0 Å². The van der Waals surface area contributed by atoms with Crippen LogP contribution in [0.4, 0.5) is 5.13 Å². The number of nitrogens with one attached hydrogen (secondary N) is 2. The molecule has 7 heteroatoms. The van der Waals surface area contributed by atoms with E-state index >= 15 is 0 Å². The van der Waals surface area contributed by atoms with E-state index in [4.69, 9.17) is 0 Å². The lowest BCUT2D eigenvalue weighted by atomic mass is 10.2. The van der Waals surface area contributed by atoms with E-state index in [9.17, 15) is 4.79 Å². The van der Waals surface area contributed by atoms with Crippen molar-refractivity contribution in [1.29, 1.82) is 0 Å². The monoisotopic (exact) mass is 285 g/mol. The van der Waals surface area contributed by atoms with E-state index in [0.29, 0.717) is 22.7 Å². The van der Waals surface area contributed by atoms with Crippen molar-refractivity contribution in [2.75, 3.05) is 32.5 Å². The van der Waals surface area contributed by atoms with E-state index in [1.54, 1.807) is 7.05 Å². The van der Waals surface area contributed by atoms with Crippen LogP contribution in [0, 0.1) is 0 Å². The van der Waals surface area contributed by atoms with Gasteiger partial charge in [0.25, 0.3) is 5.91 Å². The molecule has 1 rings (SSSR count). The molecule has 1 aromatic rings. The van der Waals surface area contributed by atoms with Gasteiger partial charge in [0.2, 0.25) is 10.1 Å². The van der Waals surface area contributed by atoms with Gasteiger partial charge in [0, 0.05) is 19.6 Å². The van der Waals surface area contributed by atoms with Gasteiger partial charge >= 0.3 is 0 Å². The van der Waals surface area contributed by atoms with Gasteiger partial charge in [-0.2, -0.15) is 0 Å². The molecule has 2 N–H and O–H groups in total. The van der Waals surface area contributed by atoms with Crippen LogP contribution in [-0.2, 0) is 0 Å². The largest absolute Gasteiger partial charge is 0.363 e. The lowest BCUT2D eigenvalue weighted by Crippen LogP contribution is -2.29. The number of carbonyl (C=O) groups is 1. The van der Waals surface area contributed by atoms with E-state index in [1.165, 1.54) is 11.3 Å². The number of carbonyl (C=O) groups excluding carboxylic acids is 1. The van der Waals surface area contributed by atoms with Gasteiger partial charge in [0.15, 0.2) is 0 Å². The van der Waals surface area contributed by atoms with Gasteiger partial charge in [-0.1, -0.05) is 11.3 Å². The Kier molecular flexibility index (Phi) is 6.72. The maximum Gasteiger partial charge on any atom is 0.282 e. The molecule has 0 radical (unpaired) electrons. The third-order valence-electron chi connectivity index (χ3n) is 2.94. The van der Waals surface area contributed by atoms with E-state index in [-0.39, 0.29) is 5.91 Å². The maximum absolute atomic E-state index is 11.7. The summed E-state index contributed by atoms with van der Waals surface area (Å²) in [5, 5.41) is 14.4. The average Bonchev–Trinajstić information content (AvgIpc) is 2.86. The number of unbranched alkanes of at least 4 members (excludes halogenated alkanes) is 1. The molecule has 108 valence electrons. The molecule has 0 saturated heterocycles. The number of nitrogens with zero attached hydrogens (tertiary/aromatic N) is 3. The molecule has 1 aromatic heterocycles. The Balaban J connectivity index is 2.17. The van der Waals surface area contributed by atoms with Gasteiger partial charge < -0.3 is 15.5 Å². The molecule has 0 aromatic carbocycles. The van der Waals surface area contributed by atoms with Gasteiger partial charge in [-0.25, -0.2) is 0 Å². The summed E-state index contributed by atoms with van der Waals surface area (Å²) in [5.74, 6) is -0.142. The molecule has 19 heavy (non-hydrogen) atoms. The van der Waals surface area contributed by atoms with Crippen LogP contribution in [0.1, 0.15) is 36.5 Å². The van der Waals surface area contributed by atoms with Crippen molar-refractivity contribution in [1.82, 2.24) is 20.4 Å². The summed E-state index contributed by atoms with van der Waals surface area (Å²) in [6, 6.07) is 0.566. The lowest BCUT2D eigenvalue weighted by Gasteiger charge is -2.20. The summed E-state index contributed by atoms with van der Waals surface area (Å²) in [4.78, 5) is 14.0. The summed E-state index contributed by atoms with van der Waals surface area (Å²) in [6.45, 7) is 6.09. The lowest BCUT2D eigenvalue weighted by molar-refractivity contribution is 0.0951. The van der Waals surface area contributed by atoms with Gasteiger partial charge in [-0.3, -0.25) is 4.79 Å². The molecule has 0 aliphatic heterocycles. The van der Waals surface area contributed by atoms with Crippen LogP contribution in [0.3, 0.4) is 0 Å². The van der Waals surface area contributed by atoms with Gasteiger partial charge in [0.1, 0.15) is 0 Å². The fourth-order valence-corrected chi connectivity index (χ4v) is 2.05. The zero-order chi connectivity index (χ0) is 14.3. The maximum atomic E-state index is 11.7. The molecule has 6 nitrogen and oxygen atoms in total. The van der Waals surface area contributed by atoms with Gasteiger partial charge in [-0.15, -0.1) is 10.2 Å². The smallest absolute Gasteiger partial charge is 0.282 e. The Labute approximate surface area is 118 Å². The van der Waals surface area contributed by atoms with E-state index in [2.05, 4.69) is 46.6 Å². The molecule has 0 atom stereocenters. The molecule has 0 saturated carbocycles. The molecule has 0 aliphatic carbocycles. The molecule has 0 bridgehead atoms. The molecule has 0 fully saturated rings. The zero-order valence-corrected chi connectivity index (χ0v) is 12.9. The summed E-state index contributed by atoms with van der Waals surface area (Å²) < 4.78 is 0.